The fourth-order valence-electron chi connectivity index (χ4n) is 4.85. The molecule has 0 bridgehead atoms. The van der Waals surface area contributed by atoms with E-state index in [1.54, 1.807) is 39.0 Å². The summed E-state index contributed by atoms with van der Waals surface area (Å²) in [6.45, 7) is 6.82. The van der Waals surface area contributed by atoms with Crippen LogP contribution in [0.3, 0.4) is 0 Å². The zero-order valence-electron chi connectivity index (χ0n) is 23.7. The van der Waals surface area contributed by atoms with Crippen LogP contribution in [0.4, 0.5) is 5.69 Å². The van der Waals surface area contributed by atoms with Gasteiger partial charge in [-0.1, -0.05) is 99.6 Å². The number of benzene rings is 3. The molecule has 2 N–H and O–H groups in total. The number of aliphatic imine (C=N–C) groups is 2. The van der Waals surface area contributed by atoms with Crippen molar-refractivity contribution < 1.29 is 49.7 Å². The van der Waals surface area contributed by atoms with Gasteiger partial charge in [-0.05, 0) is 42.3 Å². The van der Waals surface area contributed by atoms with Gasteiger partial charge < -0.3 is 15.3 Å². The number of nitrogens with zero attached hydrogens (tertiary/aromatic N) is 3. The molecule has 1 heterocycles. The third-order valence-electron chi connectivity index (χ3n) is 7.02. The van der Waals surface area contributed by atoms with Gasteiger partial charge in [0.15, 0.2) is 6.04 Å². The van der Waals surface area contributed by atoms with E-state index >= 15 is 0 Å². The SMILES string of the molecule is CC(C)(C)[C@@H](O)[C@H](N=C(c1ccccc1)c1ccccc1N=C([O-])[C@@H]1CCCN1Cc1ccccc1)C(=O)O.[Na+]. The average molecular weight is 550 g/mol. The Morgan fingerprint density at radius 1 is 1.00 bits per heavy atom. The van der Waals surface area contributed by atoms with Gasteiger partial charge in [0.25, 0.3) is 0 Å². The van der Waals surface area contributed by atoms with Crippen LogP contribution in [0, 0.1) is 5.41 Å². The number of hydrogen-bond donors (Lipinski definition) is 2. The summed E-state index contributed by atoms with van der Waals surface area (Å²) >= 11 is 0. The van der Waals surface area contributed by atoms with Crippen molar-refractivity contribution in [3.8, 4) is 0 Å². The largest absolute Gasteiger partial charge is 1.00 e. The second-order valence-corrected chi connectivity index (χ2v) is 11.0. The third-order valence-corrected chi connectivity index (χ3v) is 7.02. The van der Waals surface area contributed by atoms with E-state index in [0.29, 0.717) is 29.1 Å². The quantitative estimate of drug-likeness (QED) is 0.239. The number of likely N-dealkylation sites (tertiary alicyclic amines) is 1. The molecule has 4 rings (SSSR count). The minimum atomic E-state index is -1.40. The first kappa shape index (κ1) is 31.7. The van der Waals surface area contributed by atoms with Crippen molar-refractivity contribution in [2.24, 2.45) is 15.4 Å². The minimum absolute atomic E-state index is 0. The van der Waals surface area contributed by atoms with Crippen molar-refractivity contribution in [3.63, 3.8) is 0 Å². The van der Waals surface area contributed by atoms with E-state index in [9.17, 15) is 20.1 Å². The number of aliphatic hydroxyl groups excluding tert-OH is 1. The van der Waals surface area contributed by atoms with E-state index in [0.717, 1.165) is 24.9 Å². The smallest absolute Gasteiger partial charge is 0.861 e. The van der Waals surface area contributed by atoms with Crippen LogP contribution in [0.5, 0.6) is 0 Å². The number of carboxylic acid groups (broad SMARTS) is 1. The Balaban J connectivity index is 0.00000441. The summed E-state index contributed by atoms with van der Waals surface area (Å²) in [5.74, 6) is -1.45. The van der Waals surface area contributed by atoms with Crippen LogP contribution in [0.15, 0.2) is 94.9 Å². The van der Waals surface area contributed by atoms with Crippen molar-refractivity contribution in [1.29, 1.82) is 0 Å². The van der Waals surface area contributed by atoms with Gasteiger partial charge in [-0.25, -0.2) is 4.79 Å². The molecule has 3 atom stereocenters. The molecule has 0 amide bonds. The number of para-hydroxylation sites is 1. The summed E-state index contributed by atoms with van der Waals surface area (Å²) in [6, 6.07) is 24.7. The van der Waals surface area contributed by atoms with Gasteiger partial charge in [0.05, 0.1) is 17.5 Å². The molecule has 1 aliphatic heterocycles. The van der Waals surface area contributed by atoms with Gasteiger partial charge in [-0.2, -0.15) is 0 Å². The molecule has 0 spiro atoms. The molecule has 1 fully saturated rings. The molecule has 7 nitrogen and oxygen atoms in total. The van der Waals surface area contributed by atoms with Crippen LogP contribution in [-0.4, -0.2) is 57.4 Å². The molecule has 0 aromatic heterocycles. The molecule has 0 aliphatic carbocycles. The van der Waals surface area contributed by atoms with Crippen molar-refractivity contribution in [2.75, 3.05) is 6.54 Å². The maximum atomic E-state index is 13.5. The fraction of sp³-hybridized carbons (Fsp3) is 0.344. The van der Waals surface area contributed by atoms with Crippen LogP contribution < -0.4 is 34.7 Å². The topological polar surface area (TPSA) is 109 Å². The summed E-state index contributed by atoms with van der Waals surface area (Å²) in [7, 11) is 0. The summed E-state index contributed by atoms with van der Waals surface area (Å²) < 4.78 is 0. The van der Waals surface area contributed by atoms with Crippen molar-refractivity contribution in [2.45, 2.75) is 58.3 Å². The molecule has 3 aromatic carbocycles. The number of aliphatic hydroxyl groups is 1. The first-order valence-electron chi connectivity index (χ1n) is 13.3. The number of carboxylic acids is 1. The first-order chi connectivity index (χ1) is 18.6. The van der Waals surface area contributed by atoms with Crippen LogP contribution in [0.1, 0.15) is 50.3 Å². The Labute approximate surface area is 258 Å². The Morgan fingerprint density at radius 3 is 2.23 bits per heavy atom. The molecule has 1 saturated heterocycles. The number of carbonyl (C=O) groups is 1. The summed E-state index contributed by atoms with van der Waals surface area (Å²) in [6.07, 6.45) is 0.419. The molecular weight excluding hydrogens is 513 g/mol. The zero-order valence-corrected chi connectivity index (χ0v) is 25.7. The predicted octanol–water partition coefficient (Wildman–Crippen LogP) is 1.44. The van der Waals surface area contributed by atoms with Gasteiger partial charge in [-0.15, -0.1) is 0 Å². The summed E-state index contributed by atoms with van der Waals surface area (Å²) in [5.41, 5.74) is 2.44. The van der Waals surface area contributed by atoms with E-state index in [2.05, 4.69) is 27.0 Å². The molecule has 0 unspecified atom stereocenters. The summed E-state index contributed by atoms with van der Waals surface area (Å²) in [5, 5.41) is 34.4. The average Bonchev–Trinajstić information content (AvgIpc) is 3.38. The van der Waals surface area contributed by atoms with Gasteiger partial charge >= 0.3 is 35.5 Å². The van der Waals surface area contributed by atoms with E-state index in [4.69, 9.17) is 0 Å². The first-order valence-corrected chi connectivity index (χ1v) is 13.3. The molecule has 0 radical (unpaired) electrons. The van der Waals surface area contributed by atoms with Gasteiger partial charge in [0.1, 0.15) is 0 Å². The van der Waals surface area contributed by atoms with Gasteiger partial charge in [-0.3, -0.25) is 14.9 Å². The Hall–Kier alpha value is -2.81. The second-order valence-electron chi connectivity index (χ2n) is 11.0. The van der Waals surface area contributed by atoms with E-state index in [1.807, 2.05) is 54.6 Å². The molecule has 204 valence electrons. The second kappa shape index (κ2) is 14.2. The zero-order chi connectivity index (χ0) is 28.0. The standard InChI is InChI=1S/C32H37N3O4.Na/c1-32(2,3)29(36)28(31(38)39)34-27(23-15-8-5-9-16-23)24-17-10-11-18-25(24)33-30(37)26-19-12-20-35(26)21-22-13-6-4-7-14-22;/h4-11,13-18,26,28-29,36H,12,19-21H2,1-3H3,(H,33,37)(H,38,39);/q;+1/p-1/t26-,28-,29-;/m0./s1. The Bertz CT molecular complexity index is 1320. The fourth-order valence-corrected chi connectivity index (χ4v) is 4.85. The Kier molecular flexibility index (Phi) is 11.3. The van der Waals surface area contributed by atoms with Gasteiger partial charge in [0.2, 0.25) is 0 Å². The molecular formula is C32H36N3NaO4. The van der Waals surface area contributed by atoms with Crippen molar-refractivity contribution >= 4 is 23.3 Å². The van der Waals surface area contributed by atoms with Crippen molar-refractivity contribution in [1.82, 2.24) is 4.90 Å². The van der Waals surface area contributed by atoms with Crippen LogP contribution in [0.25, 0.3) is 0 Å². The van der Waals surface area contributed by atoms with E-state index in [-0.39, 0.29) is 41.5 Å². The third kappa shape index (κ3) is 7.89. The minimum Gasteiger partial charge on any atom is -0.861 e. The van der Waals surface area contributed by atoms with Crippen LogP contribution in [0.2, 0.25) is 0 Å². The van der Waals surface area contributed by atoms with Crippen molar-refractivity contribution in [3.05, 3.63) is 102 Å². The maximum absolute atomic E-state index is 13.5. The maximum Gasteiger partial charge on any atom is 1.00 e. The number of aliphatic carboxylic acids is 1. The molecule has 40 heavy (non-hydrogen) atoms. The predicted molar refractivity (Wildman–Crippen MR) is 152 cm³/mol. The molecule has 3 aromatic rings. The molecule has 0 saturated carbocycles. The molecule has 8 heteroatoms. The Morgan fingerprint density at radius 2 is 1.60 bits per heavy atom. The van der Waals surface area contributed by atoms with Crippen LogP contribution >= 0.6 is 0 Å². The number of rotatable bonds is 9. The van der Waals surface area contributed by atoms with Gasteiger partial charge in [0, 0.05) is 23.7 Å². The number of hydrogen-bond acceptors (Lipinski definition) is 6. The summed E-state index contributed by atoms with van der Waals surface area (Å²) in [4.78, 5) is 23.6. The van der Waals surface area contributed by atoms with E-state index < -0.39 is 23.5 Å². The monoisotopic (exact) mass is 549 g/mol. The van der Waals surface area contributed by atoms with E-state index in [1.165, 1.54) is 0 Å². The van der Waals surface area contributed by atoms with Crippen LogP contribution in [-0.2, 0) is 11.3 Å². The normalized spacial score (nSPS) is 18.1. The molecule has 1 aliphatic rings.